The van der Waals surface area contributed by atoms with Gasteiger partial charge in [0.1, 0.15) is 0 Å². The fourth-order valence-electron chi connectivity index (χ4n) is 2.79. The van der Waals surface area contributed by atoms with E-state index in [0.717, 1.165) is 49.2 Å². The number of ether oxygens (including phenoxy) is 1. The predicted molar refractivity (Wildman–Crippen MR) is 118 cm³/mol. The highest BCUT2D eigenvalue weighted by molar-refractivity contribution is 9.11. The van der Waals surface area contributed by atoms with Gasteiger partial charge in [0.15, 0.2) is 3.92 Å². The number of halogens is 2. The lowest BCUT2D eigenvalue weighted by molar-refractivity contribution is -0.142. The van der Waals surface area contributed by atoms with Gasteiger partial charge in [-0.25, -0.2) is 4.98 Å². The summed E-state index contributed by atoms with van der Waals surface area (Å²) in [5, 5.41) is 8.85. The molecule has 7 heteroatoms. The molecule has 1 heterocycles. The molecule has 0 unspecified atom stereocenters. The molecule has 0 aliphatic heterocycles. The Bertz CT molecular complexity index is 983. The Morgan fingerprint density at radius 2 is 2.00 bits per heavy atom. The summed E-state index contributed by atoms with van der Waals surface area (Å²) in [6.45, 7) is 4.19. The van der Waals surface area contributed by atoms with Crippen LogP contribution in [0.3, 0.4) is 0 Å². The van der Waals surface area contributed by atoms with Crippen molar-refractivity contribution in [2.75, 3.05) is 6.61 Å². The van der Waals surface area contributed by atoms with Crippen LogP contribution in [0, 0.1) is 6.92 Å². The lowest BCUT2D eigenvalue weighted by Crippen LogP contribution is -2.09. The first-order valence-electron chi connectivity index (χ1n) is 9.07. The van der Waals surface area contributed by atoms with Crippen LogP contribution in [-0.2, 0) is 16.0 Å². The van der Waals surface area contributed by atoms with Crippen molar-refractivity contribution >= 4 is 55.1 Å². The van der Waals surface area contributed by atoms with Gasteiger partial charge < -0.3 is 9.84 Å². The first-order chi connectivity index (χ1) is 13.4. The average molecular weight is 483 g/mol. The van der Waals surface area contributed by atoms with Crippen molar-refractivity contribution in [3.63, 3.8) is 0 Å². The van der Waals surface area contributed by atoms with Crippen molar-refractivity contribution in [2.24, 2.45) is 0 Å². The SMILES string of the molecule is CCOC(=O)Cc1c(C)cc2nc(Br)sc2c1-c1ccc(Cl)cc1.OC1CC1. The van der Waals surface area contributed by atoms with E-state index in [9.17, 15) is 4.79 Å². The first-order valence-corrected chi connectivity index (χ1v) is 11.1. The lowest BCUT2D eigenvalue weighted by atomic mass is 9.93. The van der Waals surface area contributed by atoms with E-state index < -0.39 is 0 Å². The van der Waals surface area contributed by atoms with E-state index in [2.05, 4.69) is 20.9 Å². The van der Waals surface area contributed by atoms with Crippen LogP contribution in [-0.4, -0.2) is 28.8 Å². The molecule has 1 aliphatic rings. The first kappa shape index (κ1) is 21.2. The van der Waals surface area contributed by atoms with Gasteiger partial charge in [0, 0.05) is 10.6 Å². The van der Waals surface area contributed by atoms with Gasteiger partial charge in [-0.2, -0.15) is 0 Å². The molecule has 1 saturated carbocycles. The predicted octanol–water partition coefficient (Wildman–Crippen LogP) is 5.93. The molecule has 28 heavy (non-hydrogen) atoms. The number of nitrogens with zero attached hydrogens (tertiary/aromatic N) is 1. The Kier molecular flexibility index (Phi) is 7.10. The fraction of sp³-hybridized carbons (Fsp3) is 0.333. The topological polar surface area (TPSA) is 59.4 Å². The summed E-state index contributed by atoms with van der Waals surface area (Å²) < 4.78 is 7.02. The molecule has 148 valence electrons. The highest BCUT2D eigenvalue weighted by atomic mass is 79.9. The molecule has 0 amide bonds. The molecule has 3 aromatic rings. The van der Waals surface area contributed by atoms with Crippen LogP contribution in [0.15, 0.2) is 34.2 Å². The second-order valence-electron chi connectivity index (χ2n) is 6.58. The van der Waals surface area contributed by atoms with Crippen molar-refractivity contribution in [3.05, 3.63) is 50.4 Å². The second kappa shape index (κ2) is 9.35. The van der Waals surface area contributed by atoms with Crippen LogP contribution in [0.5, 0.6) is 0 Å². The zero-order valence-corrected chi connectivity index (χ0v) is 18.8. The van der Waals surface area contributed by atoms with E-state index in [4.69, 9.17) is 21.4 Å². The van der Waals surface area contributed by atoms with Crippen LogP contribution in [0.4, 0.5) is 0 Å². The van der Waals surface area contributed by atoms with Gasteiger partial charge in [-0.1, -0.05) is 23.7 Å². The highest BCUT2D eigenvalue weighted by Crippen LogP contribution is 2.39. The molecule has 0 bridgehead atoms. The van der Waals surface area contributed by atoms with Crippen molar-refractivity contribution in [1.82, 2.24) is 4.98 Å². The number of carbonyl (C=O) groups is 1. The van der Waals surface area contributed by atoms with Crippen molar-refractivity contribution in [1.29, 1.82) is 0 Å². The molecular formula is C21H21BrClNO3S. The molecule has 1 N–H and O–H groups in total. The number of rotatable bonds is 4. The quantitative estimate of drug-likeness (QED) is 0.468. The Labute approximate surface area is 181 Å². The van der Waals surface area contributed by atoms with Gasteiger partial charge in [0.05, 0.1) is 29.3 Å². The maximum Gasteiger partial charge on any atom is 0.310 e. The summed E-state index contributed by atoms with van der Waals surface area (Å²) in [6, 6.07) is 9.67. The minimum absolute atomic E-state index is 0.0833. The number of aryl methyl sites for hydroxylation is 1. The molecule has 0 spiro atoms. The summed E-state index contributed by atoms with van der Waals surface area (Å²) >= 11 is 11.1. The van der Waals surface area contributed by atoms with Gasteiger partial charge in [-0.05, 0) is 77.5 Å². The summed E-state index contributed by atoms with van der Waals surface area (Å²) in [5.74, 6) is -0.223. The number of thiazole rings is 1. The Morgan fingerprint density at radius 1 is 1.36 bits per heavy atom. The van der Waals surface area contributed by atoms with Crippen LogP contribution < -0.4 is 0 Å². The minimum Gasteiger partial charge on any atom is -0.466 e. The third-order valence-electron chi connectivity index (χ3n) is 4.29. The maximum atomic E-state index is 12.1. The summed E-state index contributed by atoms with van der Waals surface area (Å²) in [7, 11) is 0. The van der Waals surface area contributed by atoms with E-state index in [1.54, 1.807) is 11.3 Å². The fourth-order valence-corrected chi connectivity index (χ4v) is 4.46. The zero-order valence-electron chi connectivity index (χ0n) is 15.7. The van der Waals surface area contributed by atoms with Crippen molar-refractivity contribution in [3.8, 4) is 11.1 Å². The molecule has 4 nitrogen and oxygen atoms in total. The molecule has 0 radical (unpaired) electrons. The monoisotopic (exact) mass is 481 g/mol. The Morgan fingerprint density at radius 3 is 2.57 bits per heavy atom. The van der Waals surface area contributed by atoms with Crippen LogP contribution in [0.25, 0.3) is 21.3 Å². The average Bonchev–Trinajstić information content (AvgIpc) is 3.34. The lowest BCUT2D eigenvalue weighted by Gasteiger charge is -2.14. The van der Waals surface area contributed by atoms with Gasteiger partial charge in [0.25, 0.3) is 0 Å². The molecule has 2 aromatic carbocycles. The highest BCUT2D eigenvalue weighted by Gasteiger charge is 2.19. The van der Waals surface area contributed by atoms with Crippen LogP contribution >= 0.6 is 38.9 Å². The molecular weight excluding hydrogens is 462 g/mol. The smallest absolute Gasteiger partial charge is 0.310 e. The molecule has 0 atom stereocenters. The zero-order chi connectivity index (χ0) is 20.3. The van der Waals surface area contributed by atoms with Crippen molar-refractivity contribution < 1.29 is 14.6 Å². The number of benzene rings is 2. The van der Waals surface area contributed by atoms with E-state index in [1.807, 2.05) is 44.2 Å². The van der Waals surface area contributed by atoms with E-state index in [0.29, 0.717) is 11.6 Å². The maximum absolute atomic E-state index is 12.1. The summed E-state index contributed by atoms with van der Waals surface area (Å²) in [4.78, 5) is 16.6. The van der Waals surface area contributed by atoms with Gasteiger partial charge in [0.2, 0.25) is 0 Å². The number of aliphatic hydroxyl groups excluding tert-OH is 1. The van der Waals surface area contributed by atoms with Gasteiger partial charge >= 0.3 is 5.97 Å². The van der Waals surface area contributed by atoms with Crippen LogP contribution in [0.1, 0.15) is 30.9 Å². The molecule has 0 saturated heterocycles. The normalized spacial score (nSPS) is 13.2. The number of aromatic nitrogens is 1. The largest absolute Gasteiger partial charge is 0.466 e. The number of hydrogen-bond acceptors (Lipinski definition) is 5. The molecule has 1 fully saturated rings. The van der Waals surface area contributed by atoms with Crippen LogP contribution in [0.2, 0.25) is 5.02 Å². The minimum atomic E-state index is -0.223. The second-order valence-corrected chi connectivity index (χ2v) is 9.29. The third kappa shape index (κ3) is 5.32. The molecule has 4 rings (SSSR count). The van der Waals surface area contributed by atoms with E-state index >= 15 is 0 Å². The molecule has 1 aromatic heterocycles. The Balaban J connectivity index is 0.000000500. The number of esters is 1. The van der Waals surface area contributed by atoms with Crippen molar-refractivity contribution in [2.45, 2.75) is 39.2 Å². The summed E-state index contributed by atoms with van der Waals surface area (Å²) in [5.41, 5.74) is 4.96. The number of carbonyl (C=O) groups excluding carboxylic acids is 1. The van der Waals surface area contributed by atoms with E-state index in [-0.39, 0.29) is 18.5 Å². The van der Waals surface area contributed by atoms with Gasteiger partial charge in [-0.15, -0.1) is 11.3 Å². The standard InChI is InChI=1S/C18H15BrClNO2S.C3H6O/c1-3-23-15(22)9-13-10(2)8-14-17(24-18(19)21-14)16(13)11-4-6-12(20)7-5-11;4-3-1-2-3/h4-8H,3,9H2,1-2H3;3-4H,1-2H2. The third-order valence-corrected chi connectivity index (χ3v) is 6.08. The van der Waals surface area contributed by atoms with Gasteiger partial charge in [-0.3, -0.25) is 4.79 Å². The number of aliphatic hydroxyl groups is 1. The summed E-state index contributed by atoms with van der Waals surface area (Å²) in [6.07, 6.45) is 2.41. The Hall–Kier alpha value is -1.47. The molecule has 1 aliphatic carbocycles. The van der Waals surface area contributed by atoms with E-state index in [1.165, 1.54) is 0 Å². The number of fused-ring (bicyclic) bond motifs is 1. The number of hydrogen-bond donors (Lipinski definition) is 1.